The van der Waals surface area contributed by atoms with Crippen LogP contribution in [-0.2, 0) is 11.2 Å². The van der Waals surface area contributed by atoms with Gasteiger partial charge in [0, 0.05) is 11.4 Å². The standard InChI is InChI=1S/C13H20N2OS/c1-3-6-14-9-13(16)15-7-4-12-11(10(15)2)5-8-17-12/h5,8,10,14H,3-4,6-7,9H2,1-2H3. The second-order valence-electron chi connectivity index (χ2n) is 4.49. The highest BCUT2D eigenvalue weighted by atomic mass is 32.1. The lowest BCUT2D eigenvalue weighted by molar-refractivity contribution is -0.132. The van der Waals surface area contributed by atoms with Gasteiger partial charge in [-0.25, -0.2) is 0 Å². The SMILES string of the molecule is CCCNCC(=O)N1CCc2sccc2C1C. The first kappa shape index (κ1) is 12.6. The smallest absolute Gasteiger partial charge is 0.237 e. The summed E-state index contributed by atoms with van der Waals surface area (Å²) in [6.07, 6.45) is 2.08. The lowest BCUT2D eigenvalue weighted by atomic mass is 10.0. The summed E-state index contributed by atoms with van der Waals surface area (Å²) in [5.41, 5.74) is 1.34. The Labute approximate surface area is 107 Å². The third-order valence-corrected chi connectivity index (χ3v) is 4.30. The minimum Gasteiger partial charge on any atom is -0.334 e. The van der Waals surface area contributed by atoms with Crippen LogP contribution in [-0.4, -0.2) is 30.4 Å². The first-order valence-electron chi connectivity index (χ1n) is 6.30. The van der Waals surface area contributed by atoms with Crippen LogP contribution in [0.15, 0.2) is 11.4 Å². The number of rotatable bonds is 4. The van der Waals surface area contributed by atoms with Crippen LogP contribution >= 0.6 is 11.3 Å². The fourth-order valence-electron chi connectivity index (χ4n) is 2.32. The Morgan fingerprint density at radius 1 is 1.65 bits per heavy atom. The number of fused-ring (bicyclic) bond motifs is 1. The topological polar surface area (TPSA) is 32.3 Å². The molecule has 2 heterocycles. The number of nitrogens with one attached hydrogen (secondary N) is 1. The molecule has 1 aromatic rings. The van der Waals surface area contributed by atoms with Crippen LogP contribution in [0, 0.1) is 0 Å². The molecule has 0 saturated carbocycles. The molecule has 94 valence electrons. The quantitative estimate of drug-likeness (QED) is 0.833. The van der Waals surface area contributed by atoms with Crippen molar-refractivity contribution >= 4 is 17.2 Å². The molecule has 4 heteroatoms. The van der Waals surface area contributed by atoms with Gasteiger partial charge >= 0.3 is 0 Å². The molecule has 1 aliphatic rings. The number of carbonyl (C=O) groups is 1. The summed E-state index contributed by atoms with van der Waals surface area (Å²) < 4.78 is 0. The average Bonchev–Trinajstić information content (AvgIpc) is 2.78. The molecular formula is C13H20N2OS. The minimum atomic E-state index is 0.225. The van der Waals surface area contributed by atoms with E-state index in [0.29, 0.717) is 6.54 Å². The highest BCUT2D eigenvalue weighted by molar-refractivity contribution is 7.10. The molecule has 0 aliphatic carbocycles. The fraction of sp³-hybridized carbons (Fsp3) is 0.615. The van der Waals surface area contributed by atoms with E-state index in [-0.39, 0.29) is 11.9 Å². The number of carbonyl (C=O) groups excluding carboxylic acids is 1. The van der Waals surface area contributed by atoms with Gasteiger partial charge in [-0.15, -0.1) is 11.3 Å². The first-order valence-corrected chi connectivity index (χ1v) is 7.18. The van der Waals surface area contributed by atoms with E-state index < -0.39 is 0 Å². The van der Waals surface area contributed by atoms with E-state index in [9.17, 15) is 4.79 Å². The fourth-order valence-corrected chi connectivity index (χ4v) is 3.29. The number of nitrogens with zero attached hydrogens (tertiary/aromatic N) is 1. The van der Waals surface area contributed by atoms with Crippen molar-refractivity contribution in [1.29, 1.82) is 0 Å². The Balaban J connectivity index is 1.97. The Morgan fingerprint density at radius 3 is 3.24 bits per heavy atom. The van der Waals surface area contributed by atoms with E-state index in [4.69, 9.17) is 0 Å². The predicted octanol–water partition coefficient (Wildman–Crippen LogP) is 2.19. The molecule has 0 aromatic carbocycles. The van der Waals surface area contributed by atoms with E-state index in [1.54, 1.807) is 0 Å². The van der Waals surface area contributed by atoms with Crippen molar-refractivity contribution in [3.63, 3.8) is 0 Å². The van der Waals surface area contributed by atoms with Crippen molar-refractivity contribution in [3.05, 3.63) is 21.9 Å². The molecule has 17 heavy (non-hydrogen) atoms. The molecule has 0 bridgehead atoms. The highest BCUT2D eigenvalue weighted by Crippen LogP contribution is 2.32. The van der Waals surface area contributed by atoms with Gasteiger partial charge in [-0.1, -0.05) is 6.92 Å². The monoisotopic (exact) mass is 252 g/mol. The van der Waals surface area contributed by atoms with Gasteiger partial charge in [0.25, 0.3) is 0 Å². The summed E-state index contributed by atoms with van der Waals surface area (Å²) in [7, 11) is 0. The maximum absolute atomic E-state index is 12.1. The number of hydrogen-bond donors (Lipinski definition) is 1. The van der Waals surface area contributed by atoms with Crippen molar-refractivity contribution in [2.75, 3.05) is 19.6 Å². The molecule has 0 radical (unpaired) electrons. The molecule has 1 aromatic heterocycles. The van der Waals surface area contributed by atoms with Gasteiger partial charge in [-0.05, 0) is 43.3 Å². The van der Waals surface area contributed by atoms with Crippen molar-refractivity contribution in [1.82, 2.24) is 10.2 Å². The second kappa shape index (κ2) is 5.65. The van der Waals surface area contributed by atoms with Crippen LogP contribution in [0.2, 0.25) is 0 Å². The predicted molar refractivity (Wildman–Crippen MR) is 71.3 cm³/mol. The zero-order valence-corrected chi connectivity index (χ0v) is 11.3. The third-order valence-electron chi connectivity index (χ3n) is 3.30. The van der Waals surface area contributed by atoms with Crippen LogP contribution < -0.4 is 5.32 Å². The lowest BCUT2D eigenvalue weighted by Crippen LogP contribution is -2.43. The van der Waals surface area contributed by atoms with E-state index >= 15 is 0 Å². The maximum atomic E-state index is 12.1. The van der Waals surface area contributed by atoms with E-state index in [1.807, 2.05) is 16.2 Å². The average molecular weight is 252 g/mol. The maximum Gasteiger partial charge on any atom is 0.237 e. The summed E-state index contributed by atoms with van der Waals surface area (Å²) in [5.74, 6) is 0.225. The third kappa shape index (κ3) is 2.69. The first-order chi connectivity index (χ1) is 8.24. The molecule has 1 aliphatic heterocycles. The molecular weight excluding hydrogens is 232 g/mol. The molecule has 1 N–H and O–H groups in total. The van der Waals surface area contributed by atoms with E-state index in [1.165, 1.54) is 10.4 Å². The molecule has 1 unspecified atom stereocenters. The number of thiophene rings is 1. The van der Waals surface area contributed by atoms with Crippen molar-refractivity contribution in [3.8, 4) is 0 Å². The van der Waals surface area contributed by atoms with E-state index in [2.05, 4.69) is 30.6 Å². The Kier molecular flexibility index (Phi) is 4.18. The van der Waals surface area contributed by atoms with E-state index in [0.717, 1.165) is 25.9 Å². The number of amides is 1. The summed E-state index contributed by atoms with van der Waals surface area (Å²) in [6.45, 7) is 6.48. The van der Waals surface area contributed by atoms with Gasteiger partial charge in [0.05, 0.1) is 12.6 Å². The lowest BCUT2D eigenvalue weighted by Gasteiger charge is -2.33. The normalized spacial score (nSPS) is 19.2. The van der Waals surface area contributed by atoms with Crippen LogP contribution in [0.1, 0.15) is 36.8 Å². The summed E-state index contributed by atoms with van der Waals surface area (Å²) in [4.78, 5) is 15.5. The Hall–Kier alpha value is -0.870. The van der Waals surface area contributed by atoms with Gasteiger partial charge < -0.3 is 10.2 Å². The largest absolute Gasteiger partial charge is 0.334 e. The van der Waals surface area contributed by atoms with Gasteiger partial charge in [0.1, 0.15) is 0 Å². The summed E-state index contributed by atoms with van der Waals surface area (Å²) >= 11 is 1.81. The molecule has 0 fully saturated rings. The highest BCUT2D eigenvalue weighted by Gasteiger charge is 2.27. The summed E-state index contributed by atoms with van der Waals surface area (Å²) in [6, 6.07) is 2.39. The van der Waals surface area contributed by atoms with Gasteiger partial charge in [0.2, 0.25) is 5.91 Å². The van der Waals surface area contributed by atoms with Crippen molar-refractivity contribution < 1.29 is 4.79 Å². The van der Waals surface area contributed by atoms with Crippen molar-refractivity contribution in [2.45, 2.75) is 32.7 Å². The molecule has 0 saturated heterocycles. The molecule has 2 rings (SSSR count). The Morgan fingerprint density at radius 2 is 2.47 bits per heavy atom. The van der Waals surface area contributed by atoms with Crippen LogP contribution in [0.3, 0.4) is 0 Å². The van der Waals surface area contributed by atoms with Crippen molar-refractivity contribution in [2.24, 2.45) is 0 Å². The molecule has 3 nitrogen and oxygen atoms in total. The molecule has 1 atom stereocenters. The molecule has 1 amide bonds. The number of hydrogen-bond acceptors (Lipinski definition) is 3. The molecule has 0 spiro atoms. The summed E-state index contributed by atoms with van der Waals surface area (Å²) in [5, 5.41) is 5.31. The van der Waals surface area contributed by atoms with Crippen LogP contribution in [0.25, 0.3) is 0 Å². The Bertz CT molecular complexity index is 389. The zero-order chi connectivity index (χ0) is 12.3. The van der Waals surface area contributed by atoms with Crippen LogP contribution in [0.5, 0.6) is 0 Å². The van der Waals surface area contributed by atoms with Crippen LogP contribution in [0.4, 0.5) is 0 Å². The van der Waals surface area contributed by atoms with Gasteiger partial charge in [-0.3, -0.25) is 4.79 Å². The minimum absolute atomic E-state index is 0.225. The van der Waals surface area contributed by atoms with Gasteiger partial charge in [-0.2, -0.15) is 0 Å². The zero-order valence-electron chi connectivity index (χ0n) is 10.5. The second-order valence-corrected chi connectivity index (χ2v) is 5.49. The van der Waals surface area contributed by atoms with Gasteiger partial charge in [0.15, 0.2) is 0 Å².